The summed E-state index contributed by atoms with van der Waals surface area (Å²) in [5, 5.41) is 11.7. The normalized spacial score (nSPS) is 14.6. The van der Waals surface area contributed by atoms with E-state index in [0.717, 1.165) is 37.8 Å². The van der Waals surface area contributed by atoms with Gasteiger partial charge in [0.15, 0.2) is 11.0 Å². The average Bonchev–Trinajstić information content (AvgIpc) is 3.35. The van der Waals surface area contributed by atoms with Crippen LogP contribution in [-0.2, 0) is 24.1 Å². The van der Waals surface area contributed by atoms with Crippen LogP contribution in [0.1, 0.15) is 37.1 Å². The second-order valence-electron chi connectivity index (χ2n) is 6.95. The Balaban J connectivity index is 1.61. The van der Waals surface area contributed by atoms with E-state index in [2.05, 4.69) is 22.1 Å². The maximum atomic E-state index is 12.8. The summed E-state index contributed by atoms with van der Waals surface area (Å²) in [5.41, 5.74) is -0.780. The van der Waals surface area contributed by atoms with Gasteiger partial charge >= 0.3 is 6.18 Å². The number of hydrogen-bond acceptors (Lipinski definition) is 5. The van der Waals surface area contributed by atoms with Crippen molar-refractivity contribution in [3.05, 3.63) is 48.3 Å². The lowest BCUT2D eigenvalue weighted by Crippen LogP contribution is -2.33. The Bertz CT molecular complexity index is 879. The Morgan fingerprint density at radius 3 is 2.80 bits per heavy atom. The van der Waals surface area contributed by atoms with E-state index in [9.17, 15) is 18.0 Å². The molecule has 0 atom stereocenters. The first-order chi connectivity index (χ1) is 14.4. The van der Waals surface area contributed by atoms with E-state index in [1.54, 1.807) is 10.6 Å². The minimum Gasteiger partial charge on any atom is -0.486 e. The number of benzene rings is 1. The van der Waals surface area contributed by atoms with Gasteiger partial charge in [-0.3, -0.25) is 9.36 Å². The first-order valence-corrected chi connectivity index (χ1v) is 10.6. The zero-order valence-corrected chi connectivity index (χ0v) is 17.1. The van der Waals surface area contributed by atoms with Gasteiger partial charge in [0.05, 0.1) is 11.3 Å². The molecule has 2 aromatic rings. The summed E-state index contributed by atoms with van der Waals surface area (Å²) in [5.74, 6) is 0.677. The molecule has 1 saturated carbocycles. The van der Waals surface area contributed by atoms with Gasteiger partial charge < -0.3 is 10.1 Å². The Labute approximate surface area is 176 Å². The molecular formula is C20H23F3N4O2S. The predicted molar refractivity (Wildman–Crippen MR) is 107 cm³/mol. The molecule has 6 nitrogen and oxygen atoms in total. The highest BCUT2D eigenvalue weighted by atomic mass is 32.2. The maximum Gasteiger partial charge on any atom is 0.416 e. The highest BCUT2D eigenvalue weighted by Gasteiger charge is 2.30. The summed E-state index contributed by atoms with van der Waals surface area (Å²) in [6.45, 7) is 4.04. The third-order valence-electron chi connectivity index (χ3n) is 4.69. The van der Waals surface area contributed by atoms with Crippen molar-refractivity contribution in [3.8, 4) is 5.75 Å². The van der Waals surface area contributed by atoms with Crippen LogP contribution >= 0.6 is 11.8 Å². The van der Waals surface area contributed by atoms with Gasteiger partial charge in [0.2, 0.25) is 5.91 Å². The lowest BCUT2D eigenvalue weighted by molar-refractivity contribution is -0.137. The van der Waals surface area contributed by atoms with E-state index in [1.165, 1.54) is 23.9 Å². The smallest absolute Gasteiger partial charge is 0.416 e. The molecular weight excluding hydrogens is 417 g/mol. The number of allylic oxidation sites excluding steroid dienone is 1. The molecule has 0 spiro atoms. The van der Waals surface area contributed by atoms with Crippen LogP contribution in [0.25, 0.3) is 0 Å². The standard InChI is InChI=1S/C20H23F3N4O2S/c1-2-10-27-17(12-29-16-9-5-6-14(11-16)20(21,22)23)25-26-19(27)30-13-18(28)24-15-7-3-4-8-15/h2,5-6,9,11,15H,1,3-4,7-8,10,12-13H2,(H,24,28). The van der Waals surface area contributed by atoms with Crippen LogP contribution in [0.15, 0.2) is 42.1 Å². The molecule has 30 heavy (non-hydrogen) atoms. The van der Waals surface area contributed by atoms with Crippen LogP contribution in [0.4, 0.5) is 13.2 Å². The highest BCUT2D eigenvalue weighted by molar-refractivity contribution is 7.99. The lowest BCUT2D eigenvalue weighted by atomic mass is 10.2. The van der Waals surface area contributed by atoms with Crippen molar-refractivity contribution >= 4 is 17.7 Å². The number of ether oxygens (including phenoxy) is 1. The van der Waals surface area contributed by atoms with Crippen LogP contribution in [-0.4, -0.2) is 32.5 Å². The van der Waals surface area contributed by atoms with Crippen LogP contribution in [0.5, 0.6) is 5.75 Å². The van der Waals surface area contributed by atoms with Gasteiger partial charge in [-0.05, 0) is 31.0 Å². The number of thioether (sulfide) groups is 1. The van der Waals surface area contributed by atoms with Crippen LogP contribution in [0, 0.1) is 0 Å². The molecule has 0 aliphatic heterocycles. The fraction of sp³-hybridized carbons (Fsp3) is 0.450. The molecule has 0 radical (unpaired) electrons. The van der Waals surface area contributed by atoms with Crippen LogP contribution in [0.3, 0.4) is 0 Å². The molecule has 1 heterocycles. The second-order valence-corrected chi connectivity index (χ2v) is 7.89. The summed E-state index contributed by atoms with van der Waals surface area (Å²) >= 11 is 1.25. The van der Waals surface area contributed by atoms with Gasteiger partial charge in [0, 0.05) is 12.6 Å². The predicted octanol–water partition coefficient (Wildman–Crippen LogP) is 4.21. The third kappa shape index (κ3) is 6.01. The number of carbonyl (C=O) groups excluding carboxylic acids is 1. The zero-order chi connectivity index (χ0) is 21.6. The van der Waals surface area contributed by atoms with Gasteiger partial charge in [-0.25, -0.2) is 0 Å². The molecule has 10 heteroatoms. The van der Waals surface area contributed by atoms with Gasteiger partial charge in [0.25, 0.3) is 0 Å². The zero-order valence-electron chi connectivity index (χ0n) is 16.3. The van der Waals surface area contributed by atoms with E-state index in [1.807, 2.05) is 0 Å². The third-order valence-corrected chi connectivity index (χ3v) is 5.65. The Morgan fingerprint density at radius 1 is 1.33 bits per heavy atom. The Morgan fingerprint density at radius 2 is 2.10 bits per heavy atom. The van der Waals surface area contributed by atoms with E-state index >= 15 is 0 Å². The number of nitrogens with zero attached hydrogens (tertiary/aromatic N) is 3. The van der Waals surface area contributed by atoms with Crippen molar-refractivity contribution in [2.45, 2.75) is 56.2 Å². The molecule has 1 aromatic carbocycles. The van der Waals surface area contributed by atoms with E-state index < -0.39 is 11.7 Å². The van der Waals surface area contributed by atoms with Gasteiger partial charge in [-0.2, -0.15) is 13.2 Å². The van der Waals surface area contributed by atoms with Crippen LogP contribution < -0.4 is 10.1 Å². The minimum atomic E-state index is -4.44. The molecule has 1 N–H and O–H groups in total. The number of rotatable bonds is 9. The SMILES string of the molecule is C=CCn1c(COc2cccc(C(F)(F)F)c2)nnc1SCC(=O)NC1CCCC1. The summed E-state index contributed by atoms with van der Waals surface area (Å²) < 4.78 is 45.8. The number of aromatic nitrogens is 3. The first kappa shape index (κ1) is 22.2. The molecule has 1 aliphatic carbocycles. The van der Waals surface area contributed by atoms with Gasteiger partial charge in [-0.1, -0.05) is 36.7 Å². The van der Waals surface area contributed by atoms with Gasteiger partial charge in [0.1, 0.15) is 12.4 Å². The number of amides is 1. The second kappa shape index (κ2) is 10.0. The average molecular weight is 440 g/mol. The fourth-order valence-electron chi connectivity index (χ4n) is 3.22. The summed E-state index contributed by atoms with van der Waals surface area (Å²) in [7, 11) is 0. The quantitative estimate of drug-likeness (QED) is 0.467. The number of halogens is 3. The summed E-state index contributed by atoms with van der Waals surface area (Å²) in [4.78, 5) is 12.1. The van der Waals surface area contributed by atoms with Crippen molar-refractivity contribution in [3.63, 3.8) is 0 Å². The highest BCUT2D eigenvalue weighted by Crippen LogP contribution is 2.31. The maximum absolute atomic E-state index is 12.8. The summed E-state index contributed by atoms with van der Waals surface area (Å²) in [6, 6.07) is 4.92. The molecule has 0 unspecified atom stereocenters. The molecule has 1 fully saturated rings. The first-order valence-electron chi connectivity index (χ1n) is 9.62. The molecule has 0 saturated heterocycles. The van der Waals surface area contributed by atoms with Crippen molar-refractivity contribution in [2.24, 2.45) is 0 Å². The summed E-state index contributed by atoms with van der Waals surface area (Å²) in [6.07, 6.45) is 1.52. The van der Waals surface area contributed by atoms with Crippen molar-refractivity contribution in [1.29, 1.82) is 0 Å². The van der Waals surface area contributed by atoms with Crippen molar-refractivity contribution in [2.75, 3.05) is 5.75 Å². The Kier molecular flexibility index (Phi) is 7.41. The number of nitrogens with one attached hydrogen (secondary N) is 1. The molecule has 0 bridgehead atoms. The van der Waals surface area contributed by atoms with Gasteiger partial charge in [-0.15, -0.1) is 16.8 Å². The molecule has 1 amide bonds. The van der Waals surface area contributed by atoms with E-state index in [4.69, 9.17) is 4.74 Å². The Hall–Kier alpha value is -2.49. The van der Waals surface area contributed by atoms with E-state index in [0.29, 0.717) is 17.5 Å². The number of carbonyl (C=O) groups is 1. The van der Waals surface area contributed by atoms with E-state index in [-0.39, 0.29) is 30.1 Å². The number of hydrogen-bond donors (Lipinski definition) is 1. The minimum absolute atomic E-state index is 0.0539. The topological polar surface area (TPSA) is 69.0 Å². The van der Waals surface area contributed by atoms with Crippen molar-refractivity contribution < 1.29 is 22.7 Å². The molecule has 3 rings (SSSR count). The largest absolute Gasteiger partial charge is 0.486 e. The number of alkyl halides is 3. The van der Waals surface area contributed by atoms with Crippen LogP contribution in [0.2, 0.25) is 0 Å². The molecule has 162 valence electrons. The fourth-order valence-corrected chi connectivity index (χ4v) is 4.00. The molecule has 1 aliphatic rings. The van der Waals surface area contributed by atoms with Crippen molar-refractivity contribution in [1.82, 2.24) is 20.1 Å². The monoisotopic (exact) mass is 440 g/mol. The lowest BCUT2D eigenvalue weighted by Gasteiger charge is -2.12. The molecule has 1 aromatic heterocycles.